The van der Waals surface area contributed by atoms with Gasteiger partial charge in [0.15, 0.2) is 5.89 Å². The number of benzene rings is 1. The van der Waals surface area contributed by atoms with Crippen molar-refractivity contribution in [1.29, 1.82) is 0 Å². The van der Waals surface area contributed by atoms with Crippen LogP contribution in [0.15, 0.2) is 28.8 Å². The van der Waals surface area contributed by atoms with Crippen LogP contribution in [0.4, 0.5) is 0 Å². The lowest BCUT2D eigenvalue weighted by Crippen LogP contribution is -2.36. The number of fused-ring (bicyclic) bond motifs is 1. The molecule has 0 fully saturated rings. The second kappa shape index (κ2) is 6.60. The molecule has 1 amide bonds. The number of oxazole rings is 1. The summed E-state index contributed by atoms with van der Waals surface area (Å²) in [5.41, 5.74) is 2.25. The maximum atomic E-state index is 12.5. The Morgan fingerprint density at radius 1 is 1.38 bits per heavy atom. The lowest BCUT2D eigenvalue weighted by Gasteiger charge is -2.29. The average Bonchev–Trinajstić information content (AvgIpc) is 3.02. The van der Waals surface area contributed by atoms with Crippen LogP contribution in [-0.4, -0.2) is 22.3 Å². The number of hydrogen-bond acceptors (Lipinski definition) is 3. The molecule has 0 unspecified atom stereocenters. The van der Waals surface area contributed by atoms with Crippen LogP contribution in [0.5, 0.6) is 0 Å². The number of halogens is 1. The van der Waals surface area contributed by atoms with E-state index < -0.39 is 0 Å². The van der Waals surface area contributed by atoms with Crippen molar-refractivity contribution >= 4 is 17.5 Å². The Kier molecular flexibility index (Phi) is 4.68. The third-order valence-electron chi connectivity index (χ3n) is 4.41. The first kappa shape index (κ1) is 17.0. The highest BCUT2D eigenvalue weighted by Crippen LogP contribution is 2.27. The maximum absolute atomic E-state index is 12.5. The molecule has 0 bridgehead atoms. The van der Waals surface area contributed by atoms with Crippen LogP contribution in [0.25, 0.3) is 0 Å². The lowest BCUT2D eigenvalue weighted by atomic mass is 9.94. The molecule has 1 aromatic heterocycles. The van der Waals surface area contributed by atoms with Gasteiger partial charge in [-0.3, -0.25) is 4.79 Å². The molecule has 24 heavy (non-hydrogen) atoms. The molecule has 1 aromatic carbocycles. The molecule has 1 aliphatic heterocycles. The van der Waals surface area contributed by atoms with Crippen LogP contribution < -0.4 is 0 Å². The second-order valence-corrected chi connectivity index (χ2v) is 7.72. The summed E-state index contributed by atoms with van der Waals surface area (Å²) in [6.07, 6.45) is 3.55. The third kappa shape index (κ3) is 3.64. The first-order valence-electron chi connectivity index (χ1n) is 8.34. The van der Waals surface area contributed by atoms with Crippen LogP contribution in [0.3, 0.4) is 0 Å². The molecule has 0 spiro atoms. The minimum absolute atomic E-state index is 0.0669. The first-order chi connectivity index (χ1) is 11.3. The highest BCUT2D eigenvalue weighted by atomic mass is 35.5. The van der Waals surface area contributed by atoms with Gasteiger partial charge in [0.1, 0.15) is 5.76 Å². The van der Waals surface area contributed by atoms with Gasteiger partial charge < -0.3 is 9.32 Å². The normalized spacial score (nSPS) is 14.6. The highest BCUT2D eigenvalue weighted by Gasteiger charge is 2.23. The van der Waals surface area contributed by atoms with Crippen molar-refractivity contribution in [3.05, 3.63) is 52.2 Å². The second-order valence-electron chi connectivity index (χ2n) is 7.31. The van der Waals surface area contributed by atoms with E-state index in [1.54, 1.807) is 6.20 Å². The summed E-state index contributed by atoms with van der Waals surface area (Å²) in [6.45, 7) is 7.57. The van der Waals surface area contributed by atoms with Crippen molar-refractivity contribution in [3.63, 3.8) is 0 Å². The molecule has 3 rings (SSSR count). The first-order valence-corrected chi connectivity index (χ1v) is 8.71. The van der Waals surface area contributed by atoms with Gasteiger partial charge in [-0.15, -0.1) is 0 Å². The number of nitrogens with zero attached hydrogens (tertiary/aromatic N) is 2. The Morgan fingerprint density at radius 2 is 2.17 bits per heavy atom. The summed E-state index contributed by atoms with van der Waals surface area (Å²) < 4.78 is 5.76. The number of carbonyl (C=O) groups is 1. The molecule has 0 atom stereocenters. The minimum Gasteiger partial charge on any atom is -0.445 e. The topological polar surface area (TPSA) is 46.3 Å². The van der Waals surface area contributed by atoms with E-state index in [9.17, 15) is 4.79 Å². The molecule has 0 N–H and O–H groups in total. The zero-order chi connectivity index (χ0) is 17.3. The Balaban J connectivity index is 1.60. The Morgan fingerprint density at radius 3 is 2.88 bits per heavy atom. The number of aromatic nitrogens is 1. The van der Waals surface area contributed by atoms with Crippen LogP contribution in [-0.2, 0) is 29.6 Å². The van der Waals surface area contributed by atoms with Gasteiger partial charge in [-0.25, -0.2) is 4.98 Å². The SMILES string of the molecule is CC(C)(C)c1cnc(CCC(=O)N2CCc3cccc(Cl)c3C2)o1. The van der Waals surface area contributed by atoms with Crippen LogP contribution in [0.1, 0.15) is 50.0 Å². The van der Waals surface area contributed by atoms with E-state index >= 15 is 0 Å². The van der Waals surface area contributed by atoms with Crippen molar-refractivity contribution in [2.75, 3.05) is 6.54 Å². The fourth-order valence-electron chi connectivity index (χ4n) is 2.90. The maximum Gasteiger partial charge on any atom is 0.223 e. The predicted molar refractivity (Wildman–Crippen MR) is 94.1 cm³/mol. The molecular weight excluding hydrogens is 324 g/mol. The predicted octanol–water partition coefficient (Wildman–Crippen LogP) is 4.14. The molecule has 5 heteroatoms. The minimum atomic E-state index is -0.0669. The van der Waals surface area contributed by atoms with Gasteiger partial charge in [0.2, 0.25) is 5.91 Å². The van der Waals surface area contributed by atoms with Crippen LogP contribution in [0, 0.1) is 0 Å². The van der Waals surface area contributed by atoms with Gasteiger partial charge in [0, 0.05) is 36.4 Å². The van der Waals surface area contributed by atoms with Crippen molar-refractivity contribution in [1.82, 2.24) is 9.88 Å². The van der Waals surface area contributed by atoms with Crippen LogP contribution >= 0.6 is 11.6 Å². The molecule has 2 aromatic rings. The standard InChI is InChI=1S/C19H23ClN2O2/c1-19(2,3)16-11-21-17(24-16)7-8-18(23)22-10-9-13-5-4-6-15(20)14(13)12-22/h4-6,11H,7-10,12H2,1-3H3. The highest BCUT2D eigenvalue weighted by molar-refractivity contribution is 6.31. The van der Waals surface area contributed by atoms with Crippen molar-refractivity contribution in [2.45, 2.75) is 52.0 Å². The van der Waals surface area contributed by atoms with Gasteiger partial charge in [0.05, 0.1) is 6.20 Å². The number of aryl methyl sites for hydroxylation is 1. The summed E-state index contributed by atoms with van der Waals surface area (Å²) in [5, 5.41) is 0.743. The van der Waals surface area contributed by atoms with Crippen LogP contribution in [0.2, 0.25) is 5.02 Å². The zero-order valence-electron chi connectivity index (χ0n) is 14.4. The molecular formula is C19H23ClN2O2. The van der Waals surface area contributed by atoms with Gasteiger partial charge in [-0.2, -0.15) is 0 Å². The molecule has 1 aliphatic rings. The van der Waals surface area contributed by atoms with E-state index in [1.807, 2.05) is 17.0 Å². The van der Waals surface area contributed by atoms with E-state index in [-0.39, 0.29) is 11.3 Å². The quantitative estimate of drug-likeness (QED) is 0.839. The summed E-state index contributed by atoms with van der Waals surface area (Å²) in [7, 11) is 0. The van der Waals surface area contributed by atoms with E-state index in [2.05, 4.69) is 31.8 Å². The summed E-state index contributed by atoms with van der Waals surface area (Å²) in [6, 6.07) is 5.94. The lowest BCUT2D eigenvalue weighted by molar-refractivity contribution is -0.132. The van der Waals surface area contributed by atoms with Crippen molar-refractivity contribution in [3.8, 4) is 0 Å². The molecule has 128 valence electrons. The van der Waals surface area contributed by atoms with Crippen molar-refractivity contribution in [2.24, 2.45) is 0 Å². The van der Waals surface area contributed by atoms with E-state index in [0.717, 1.165) is 29.3 Å². The number of rotatable bonds is 3. The van der Waals surface area contributed by atoms with Gasteiger partial charge >= 0.3 is 0 Å². The number of amides is 1. The molecule has 0 saturated carbocycles. The van der Waals surface area contributed by atoms with Crippen molar-refractivity contribution < 1.29 is 9.21 Å². The smallest absolute Gasteiger partial charge is 0.223 e. The Hall–Kier alpha value is -1.81. The van der Waals surface area contributed by atoms with Gasteiger partial charge in [0.25, 0.3) is 0 Å². The summed E-state index contributed by atoms with van der Waals surface area (Å²) in [4.78, 5) is 18.7. The fraction of sp³-hybridized carbons (Fsp3) is 0.474. The molecule has 0 aliphatic carbocycles. The average molecular weight is 347 g/mol. The number of hydrogen-bond donors (Lipinski definition) is 0. The summed E-state index contributed by atoms with van der Waals surface area (Å²) >= 11 is 6.27. The Bertz CT molecular complexity index is 746. The zero-order valence-corrected chi connectivity index (χ0v) is 15.2. The monoisotopic (exact) mass is 346 g/mol. The molecule has 4 nitrogen and oxygen atoms in total. The largest absolute Gasteiger partial charge is 0.445 e. The molecule has 0 radical (unpaired) electrons. The Labute approximate surface area is 147 Å². The molecule has 2 heterocycles. The summed E-state index contributed by atoms with van der Waals surface area (Å²) in [5.74, 6) is 1.60. The third-order valence-corrected chi connectivity index (χ3v) is 4.77. The number of carbonyl (C=O) groups excluding carboxylic acids is 1. The van der Waals surface area contributed by atoms with E-state index in [0.29, 0.717) is 25.3 Å². The fourth-order valence-corrected chi connectivity index (χ4v) is 3.15. The van der Waals surface area contributed by atoms with Gasteiger partial charge in [-0.1, -0.05) is 44.5 Å². The molecule has 0 saturated heterocycles. The van der Waals surface area contributed by atoms with E-state index in [1.165, 1.54) is 5.56 Å². The van der Waals surface area contributed by atoms with E-state index in [4.69, 9.17) is 16.0 Å². The van der Waals surface area contributed by atoms with Gasteiger partial charge in [-0.05, 0) is 23.6 Å².